The lowest BCUT2D eigenvalue weighted by atomic mass is 10.1. The van der Waals surface area contributed by atoms with Crippen LogP contribution in [-0.2, 0) is 6.42 Å². The van der Waals surface area contributed by atoms with Gasteiger partial charge < -0.3 is 10.1 Å². The number of benzene rings is 1. The van der Waals surface area contributed by atoms with Gasteiger partial charge in [0.1, 0.15) is 11.9 Å². The van der Waals surface area contributed by atoms with Crippen molar-refractivity contribution >= 4 is 15.9 Å². The molecule has 110 valence electrons. The maximum atomic E-state index is 6.08. The van der Waals surface area contributed by atoms with Crippen molar-refractivity contribution in [2.45, 2.75) is 38.3 Å². The molecular formula is C16H23BrN2O. The van der Waals surface area contributed by atoms with Crippen LogP contribution in [0, 0.1) is 0 Å². The summed E-state index contributed by atoms with van der Waals surface area (Å²) >= 11 is 3.53. The predicted molar refractivity (Wildman–Crippen MR) is 85.4 cm³/mol. The zero-order valence-corrected chi connectivity index (χ0v) is 13.7. The summed E-state index contributed by atoms with van der Waals surface area (Å²) in [5.41, 5.74) is 1.33. The van der Waals surface area contributed by atoms with Crippen molar-refractivity contribution in [2.24, 2.45) is 0 Å². The van der Waals surface area contributed by atoms with E-state index in [0.717, 1.165) is 36.3 Å². The molecule has 2 aliphatic heterocycles. The third-order valence-corrected chi connectivity index (χ3v) is 4.81. The van der Waals surface area contributed by atoms with Crippen molar-refractivity contribution < 1.29 is 4.74 Å². The van der Waals surface area contributed by atoms with Crippen LogP contribution in [0.1, 0.15) is 25.3 Å². The van der Waals surface area contributed by atoms with Gasteiger partial charge in [0.25, 0.3) is 0 Å². The number of rotatable bonds is 5. The zero-order valence-electron chi connectivity index (χ0n) is 12.1. The molecule has 1 aromatic carbocycles. The lowest BCUT2D eigenvalue weighted by molar-refractivity contribution is 0.147. The van der Waals surface area contributed by atoms with Gasteiger partial charge in [0.15, 0.2) is 0 Å². The van der Waals surface area contributed by atoms with Crippen molar-refractivity contribution in [1.82, 2.24) is 10.2 Å². The van der Waals surface area contributed by atoms with Gasteiger partial charge in [-0.1, -0.05) is 22.9 Å². The number of hydrogen-bond donors (Lipinski definition) is 1. The maximum Gasteiger partial charge on any atom is 0.123 e. The second-order valence-corrected chi connectivity index (χ2v) is 6.76. The molecule has 0 bridgehead atoms. The molecule has 0 amide bonds. The summed E-state index contributed by atoms with van der Waals surface area (Å²) in [7, 11) is 0. The summed E-state index contributed by atoms with van der Waals surface area (Å²) in [6.45, 7) is 6.70. The van der Waals surface area contributed by atoms with Gasteiger partial charge >= 0.3 is 0 Å². The third kappa shape index (κ3) is 3.35. The number of ether oxygens (including phenoxy) is 1. The first-order valence-corrected chi connectivity index (χ1v) is 8.44. The van der Waals surface area contributed by atoms with Gasteiger partial charge in [0.05, 0.1) is 0 Å². The minimum Gasteiger partial charge on any atom is -0.488 e. The normalized spacial score (nSPS) is 24.9. The van der Waals surface area contributed by atoms with Crippen LogP contribution in [0.2, 0.25) is 0 Å². The number of nitrogens with one attached hydrogen (secondary N) is 1. The van der Waals surface area contributed by atoms with Gasteiger partial charge in [-0.25, -0.2) is 0 Å². The standard InChI is InChI=1S/C16H23BrN2O/c1-2-19(10-14-4-3-7-18-14)11-15-9-12-8-13(17)5-6-16(12)20-15/h5-6,8,14-15,18H,2-4,7,9-11H2,1H3. The molecule has 3 nitrogen and oxygen atoms in total. The molecule has 0 aromatic heterocycles. The third-order valence-electron chi connectivity index (χ3n) is 4.31. The van der Waals surface area contributed by atoms with Crippen molar-refractivity contribution in [1.29, 1.82) is 0 Å². The van der Waals surface area contributed by atoms with E-state index >= 15 is 0 Å². The predicted octanol–water partition coefficient (Wildman–Crippen LogP) is 2.83. The fraction of sp³-hybridized carbons (Fsp3) is 0.625. The Morgan fingerprint density at radius 2 is 2.30 bits per heavy atom. The molecule has 1 saturated heterocycles. The fourth-order valence-corrected chi connectivity index (χ4v) is 3.64. The highest BCUT2D eigenvalue weighted by Crippen LogP contribution is 2.31. The Labute approximate surface area is 129 Å². The van der Waals surface area contributed by atoms with E-state index in [-0.39, 0.29) is 0 Å². The number of halogens is 1. The molecule has 0 radical (unpaired) electrons. The van der Waals surface area contributed by atoms with E-state index in [1.165, 1.54) is 24.9 Å². The molecule has 3 rings (SSSR count). The molecule has 0 spiro atoms. The smallest absolute Gasteiger partial charge is 0.123 e. The zero-order chi connectivity index (χ0) is 13.9. The van der Waals surface area contributed by atoms with Gasteiger partial charge in [-0.05, 0) is 49.7 Å². The molecule has 2 unspecified atom stereocenters. The lowest BCUT2D eigenvalue weighted by Gasteiger charge is -2.26. The van der Waals surface area contributed by atoms with Gasteiger partial charge in [-0.3, -0.25) is 4.90 Å². The Kier molecular flexibility index (Phi) is 4.64. The van der Waals surface area contributed by atoms with Crippen LogP contribution >= 0.6 is 15.9 Å². The van der Waals surface area contributed by atoms with Crippen LogP contribution in [0.5, 0.6) is 5.75 Å². The molecule has 2 aliphatic rings. The highest BCUT2D eigenvalue weighted by Gasteiger charge is 2.26. The summed E-state index contributed by atoms with van der Waals surface area (Å²) in [4.78, 5) is 2.52. The van der Waals surface area contributed by atoms with Gasteiger partial charge in [0, 0.05) is 30.0 Å². The van der Waals surface area contributed by atoms with Gasteiger partial charge in [-0.2, -0.15) is 0 Å². The molecule has 20 heavy (non-hydrogen) atoms. The first-order valence-electron chi connectivity index (χ1n) is 7.65. The molecule has 1 N–H and O–H groups in total. The Morgan fingerprint density at radius 1 is 1.40 bits per heavy atom. The van der Waals surface area contributed by atoms with Crippen molar-refractivity contribution in [3.05, 3.63) is 28.2 Å². The van der Waals surface area contributed by atoms with E-state index in [1.807, 2.05) is 0 Å². The van der Waals surface area contributed by atoms with Gasteiger partial charge in [-0.15, -0.1) is 0 Å². The summed E-state index contributed by atoms with van der Waals surface area (Å²) in [6.07, 6.45) is 3.97. The fourth-order valence-electron chi connectivity index (χ4n) is 3.24. The Bertz CT molecular complexity index is 460. The molecule has 4 heteroatoms. The Balaban J connectivity index is 1.55. The molecule has 2 atom stereocenters. The van der Waals surface area contributed by atoms with E-state index in [1.54, 1.807) is 0 Å². The average molecular weight is 339 g/mol. The van der Waals surface area contributed by atoms with Crippen LogP contribution in [0.15, 0.2) is 22.7 Å². The molecule has 0 aliphatic carbocycles. The van der Waals surface area contributed by atoms with E-state index in [2.05, 4.69) is 51.3 Å². The Hall–Kier alpha value is -0.580. The van der Waals surface area contributed by atoms with E-state index < -0.39 is 0 Å². The molecule has 1 fully saturated rings. The van der Waals surface area contributed by atoms with Gasteiger partial charge in [0.2, 0.25) is 0 Å². The van der Waals surface area contributed by atoms with Crippen molar-refractivity contribution in [3.8, 4) is 5.75 Å². The topological polar surface area (TPSA) is 24.5 Å². The maximum absolute atomic E-state index is 6.08. The Morgan fingerprint density at radius 3 is 3.05 bits per heavy atom. The summed E-state index contributed by atoms with van der Waals surface area (Å²) < 4.78 is 7.22. The lowest BCUT2D eigenvalue weighted by Crippen LogP contribution is -2.42. The minimum atomic E-state index is 0.306. The SMILES string of the molecule is CCN(CC1CCCN1)CC1Cc2cc(Br)ccc2O1. The first-order chi connectivity index (χ1) is 9.74. The van der Waals surface area contributed by atoms with E-state index in [0.29, 0.717) is 12.1 Å². The van der Waals surface area contributed by atoms with Crippen LogP contribution in [0.4, 0.5) is 0 Å². The highest BCUT2D eigenvalue weighted by molar-refractivity contribution is 9.10. The number of fused-ring (bicyclic) bond motifs is 1. The van der Waals surface area contributed by atoms with E-state index in [4.69, 9.17) is 4.74 Å². The first kappa shape index (κ1) is 14.4. The number of likely N-dealkylation sites (N-methyl/N-ethyl adjacent to an activating group) is 1. The molecule has 2 heterocycles. The van der Waals surface area contributed by atoms with Crippen molar-refractivity contribution in [3.63, 3.8) is 0 Å². The quantitative estimate of drug-likeness (QED) is 0.893. The van der Waals surface area contributed by atoms with Crippen LogP contribution < -0.4 is 10.1 Å². The average Bonchev–Trinajstić information content (AvgIpc) is 3.06. The van der Waals surface area contributed by atoms with E-state index in [9.17, 15) is 0 Å². The minimum absolute atomic E-state index is 0.306. The second-order valence-electron chi connectivity index (χ2n) is 5.84. The van der Waals surface area contributed by atoms with Crippen LogP contribution in [0.25, 0.3) is 0 Å². The molecular weight excluding hydrogens is 316 g/mol. The summed E-state index contributed by atoms with van der Waals surface area (Å²) in [5.74, 6) is 1.06. The molecule has 1 aromatic rings. The summed E-state index contributed by atoms with van der Waals surface area (Å²) in [5, 5.41) is 3.58. The van der Waals surface area contributed by atoms with Crippen LogP contribution in [0.3, 0.4) is 0 Å². The number of nitrogens with zero attached hydrogens (tertiary/aromatic N) is 1. The highest BCUT2D eigenvalue weighted by atomic mass is 79.9. The summed E-state index contributed by atoms with van der Waals surface area (Å²) in [6, 6.07) is 6.99. The number of hydrogen-bond acceptors (Lipinski definition) is 3. The monoisotopic (exact) mass is 338 g/mol. The van der Waals surface area contributed by atoms with Crippen LogP contribution in [-0.4, -0.2) is 43.2 Å². The van der Waals surface area contributed by atoms with Crippen molar-refractivity contribution in [2.75, 3.05) is 26.2 Å². The largest absolute Gasteiger partial charge is 0.488 e. The second kappa shape index (κ2) is 6.46. The molecule has 0 saturated carbocycles.